The number of hydrogen-bond donors (Lipinski definition) is 1. The molecule has 0 aliphatic carbocycles. The first kappa shape index (κ1) is 16.5. The van der Waals surface area contributed by atoms with Gasteiger partial charge in [-0.2, -0.15) is 0 Å². The summed E-state index contributed by atoms with van der Waals surface area (Å²) in [5, 5.41) is 4.31. The van der Waals surface area contributed by atoms with Crippen molar-refractivity contribution < 1.29 is 4.74 Å². The van der Waals surface area contributed by atoms with Gasteiger partial charge in [0.05, 0.1) is 23.7 Å². The van der Waals surface area contributed by atoms with Gasteiger partial charge in [-0.1, -0.05) is 6.92 Å². The maximum Gasteiger partial charge on any atom is 0.275 e. The second-order valence-corrected chi connectivity index (χ2v) is 6.86. The summed E-state index contributed by atoms with van der Waals surface area (Å²) in [5.74, 6) is 0.744. The number of ether oxygens (including phenoxy) is 1. The van der Waals surface area contributed by atoms with E-state index in [9.17, 15) is 4.79 Å². The molecule has 0 saturated heterocycles. The number of anilines is 1. The highest BCUT2D eigenvalue weighted by molar-refractivity contribution is 7.25. The topological polar surface area (TPSA) is 69.0 Å². The number of nitrogens with zero attached hydrogens (tertiary/aromatic N) is 3. The summed E-state index contributed by atoms with van der Waals surface area (Å²) >= 11 is 1.38. The lowest BCUT2D eigenvalue weighted by atomic mass is 10.2. The summed E-state index contributed by atoms with van der Waals surface area (Å²) in [6.07, 6.45) is 4.36. The second kappa shape index (κ2) is 6.76. The number of pyridine rings is 1. The molecule has 132 valence electrons. The van der Waals surface area contributed by atoms with Crippen molar-refractivity contribution in [3.8, 4) is 11.4 Å². The molecule has 0 radical (unpaired) electrons. The summed E-state index contributed by atoms with van der Waals surface area (Å²) in [6, 6.07) is 9.26. The van der Waals surface area contributed by atoms with Gasteiger partial charge in [-0.25, -0.2) is 9.97 Å². The lowest BCUT2D eigenvalue weighted by Crippen LogP contribution is -2.17. The Kier molecular flexibility index (Phi) is 4.30. The van der Waals surface area contributed by atoms with E-state index in [4.69, 9.17) is 4.74 Å². The van der Waals surface area contributed by atoms with E-state index < -0.39 is 0 Å². The fraction of sp³-hybridized carbons (Fsp3) is 0.211. The summed E-state index contributed by atoms with van der Waals surface area (Å²) in [7, 11) is 1.61. The first-order valence-electron chi connectivity index (χ1n) is 8.40. The Morgan fingerprint density at radius 1 is 1.19 bits per heavy atom. The average molecular weight is 366 g/mol. The summed E-state index contributed by atoms with van der Waals surface area (Å²) in [4.78, 5) is 22.9. The van der Waals surface area contributed by atoms with Crippen LogP contribution in [0, 0.1) is 0 Å². The van der Waals surface area contributed by atoms with Crippen LogP contribution in [0.2, 0.25) is 0 Å². The third-order valence-electron chi connectivity index (χ3n) is 4.20. The predicted molar refractivity (Wildman–Crippen MR) is 106 cm³/mol. The lowest BCUT2D eigenvalue weighted by molar-refractivity contribution is 0.414. The number of benzene rings is 1. The third-order valence-corrected chi connectivity index (χ3v) is 5.27. The molecule has 0 amide bonds. The summed E-state index contributed by atoms with van der Waals surface area (Å²) in [5.41, 5.74) is 2.33. The Bertz CT molecular complexity index is 1130. The molecule has 0 spiro atoms. The van der Waals surface area contributed by atoms with Gasteiger partial charge in [0.1, 0.15) is 21.6 Å². The maximum absolute atomic E-state index is 13.0. The molecule has 1 N–H and O–H groups in total. The van der Waals surface area contributed by atoms with Crippen LogP contribution in [0.5, 0.6) is 5.75 Å². The van der Waals surface area contributed by atoms with E-state index in [-0.39, 0.29) is 5.56 Å². The highest BCUT2D eigenvalue weighted by Crippen LogP contribution is 2.34. The van der Waals surface area contributed by atoms with E-state index in [0.29, 0.717) is 10.2 Å². The van der Waals surface area contributed by atoms with Gasteiger partial charge < -0.3 is 10.1 Å². The monoisotopic (exact) mass is 366 g/mol. The van der Waals surface area contributed by atoms with Crippen LogP contribution < -0.4 is 15.6 Å². The van der Waals surface area contributed by atoms with Crippen molar-refractivity contribution in [1.82, 2.24) is 14.5 Å². The molecule has 4 aromatic rings. The quantitative estimate of drug-likeness (QED) is 0.581. The Labute approximate surface area is 154 Å². The Balaban J connectivity index is 1.90. The van der Waals surface area contributed by atoms with E-state index in [1.54, 1.807) is 24.2 Å². The molecule has 3 aromatic heterocycles. The molecule has 0 fully saturated rings. The average Bonchev–Trinajstić information content (AvgIpc) is 3.07. The minimum atomic E-state index is -0.0930. The molecule has 1 aromatic carbocycles. The number of rotatable bonds is 5. The van der Waals surface area contributed by atoms with Crippen molar-refractivity contribution >= 4 is 37.5 Å². The smallest absolute Gasteiger partial charge is 0.275 e. The van der Waals surface area contributed by atoms with E-state index in [0.717, 1.165) is 40.3 Å². The lowest BCUT2D eigenvalue weighted by Gasteiger charge is -2.07. The van der Waals surface area contributed by atoms with Crippen molar-refractivity contribution in [1.29, 1.82) is 0 Å². The Morgan fingerprint density at radius 2 is 2.00 bits per heavy atom. The van der Waals surface area contributed by atoms with Crippen LogP contribution in [0.1, 0.15) is 13.3 Å². The van der Waals surface area contributed by atoms with Crippen LogP contribution >= 0.6 is 11.3 Å². The summed E-state index contributed by atoms with van der Waals surface area (Å²) in [6.45, 7) is 2.97. The molecule has 0 aliphatic rings. The van der Waals surface area contributed by atoms with Gasteiger partial charge in [0.2, 0.25) is 0 Å². The first-order valence-corrected chi connectivity index (χ1v) is 9.21. The highest BCUT2D eigenvalue weighted by Gasteiger charge is 2.16. The maximum atomic E-state index is 13.0. The van der Waals surface area contributed by atoms with E-state index in [2.05, 4.69) is 22.2 Å². The molecule has 6 nitrogen and oxygen atoms in total. The van der Waals surface area contributed by atoms with Crippen molar-refractivity contribution in [2.45, 2.75) is 13.3 Å². The van der Waals surface area contributed by atoms with Crippen LogP contribution in [-0.4, -0.2) is 28.2 Å². The molecule has 26 heavy (non-hydrogen) atoms. The molecule has 0 bridgehead atoms. The molecule has 0 unspecified atom stereocenters. The van der Waals surface area contributed by atoms with Crippen LogP contribution in [0.3, 0.4) is 0 Å². The zero-order valence-corrected chi connectivity index (χ0v) is 15.3. The van der Waals surface area contributed by atoms with E-state index >= 15 is 0 Å². The number of fused-ring (bicyclic) bond motifs is 3. The molecule has 0 saturated carbocycles. The number of nitrogens with one attached hydrogen (secondary N) is 1. The Hall–Kier alpha value is -2.93. The predicted octanol–water partition coefficient (Wildman–Crippen LogP) is 3.83. The highest BCUT2D eigenvalue weighted by atomic mass is 32.1. The van der Waals surface area contributed by atoms with Gasteiger partial charge in [-0.05, 0) is 36.8 Å². The zero-order valence-electron chi connectivity index (χ0n) is 14.5. The summed E-state index contributed by atoms with van der Waals surface area (Å²) < 4.78 is 7.33. The number of thiophene rings is 1. The third kappa shape index (κ3) is 2.70. The fourth-order valence-electron chi connectivity index (χ4n) is 2.89. The van der Waals surface area contributed by atoms with Gasteiger partial charge in [0.15, 0.2) is 0 Å². The standard InChI is InChI=1S/C19H18N4O2S/c1-3-9-20-14-8-10-21-18-15(14)16-17(26-18)19(24)23(11-22-16)12-4-6-13(25-2)7-5-12/h4-8,10-11H,3,9H2,1-2H3,(H,20,21). The van der Waals surface area contributed by atoms with Gasteiger partial charge in [0.25, 0.3) is 5.56 Å². The van der Waals surface area contributed by atoms with Gasteiger partial charge in [-0.15, -0.1) is 11.3 Å². The molecule has 3 heterocycles. The molecular weight excluding hydrogens is 348 g/mol. The van der Waals surface area contributed by atoms with Crippen LogP contribution in [0.25, 0.3) is 26.1 Å². The van der Waals surface area contributed by atoms with E-state index in [1.807, 2.05) is 30.3 Å². The molecule has 0 aliphatic heterocycles. The molecule has 4 rings (SSSR count). The van der Waals surface area contributed by atoms with E-state index in [1.165, 1.54) is 11.3 Å². The minimum absolute atomic E-state index is 0.0930. The van der Waals surface area contributed by atoms with Crippen molar-refractivity contribution in [2.24, 2.45) is 0 Å². The van der Waals surface area contributed by atoms with Gasteiger partial charge in [-0.3, -0.25) is 9.36 Å². The molecular formula is C19H18N4O2S. The van der Waals surface area contributed by atoms with Crippen molar-refractivity contribution in [3.63, 3.8) is 0 Å². The van der Waals surface area contributed by atoms with Crippen LogP contribution in [0.4, 0.5) is 5.69 Å². The van der Waals surface area contributed by atoms with Crippen LogP contribution in [-0.2, 0) is 0 Å². The molecule has 0 atom stereocenters. The Morgan fingerprint density at radius 3 is 2.73 bits per heavy atom. The number of hydrogen-bond acceptors (Lipinski definition) is 6. The van der Waals surface area contributed by atoms with Crippen molar-refractivity contribution in [3.05, 3.63) is 53.2 Å². The molecule has 7 heteroatoms. The van der Waals surface area contributed by atoms with Gasteiger partial charge in [0, 0.05) is 18.4 Å². The second-order valence-electron chi connectivity index (χ2n) is 5.86. The zero-order chi connectivity index (χ0) is 18.1. The fourth-order valence-corrected chi connectivity index (χ4v) is 3.94. The van der Waals surface area contributed by atoms with Crippen molar-refractivity contribution in [2.75, 3.05) is 19.0 Å². The minimum Gasteiger partial charge on any atom is -0.497 e. The normalized spacial score (nSPS) is 11.2. The van der Waals surface area contributed by atoms with Crippen LogP contribution in [0.15, 0.2) is 47.7 Å². The number of methoxy groups -OCH3 is 1. The first-order chi connectivity index (χ1) is 12.7. The largest absolute Gasteiger partial charge is 0.497 e. The number of aromatic nitrogens is 3. The van der Waals surface area contributed by atoms with Gasteiger partial charge >= 0.3 is 0 Å². The SMILES string of the molecule is CCCNc1ccnc2sc3c(=O)n(-c4ccc(OC)cc4)cnc3c12.